The minimum absolute atomic E-state index is 0.0591. The monoisotopic (exact) mass is 367 g/mol. The summed E-state index contributed by atoms with van der Waals surface area (Å²) in [7, 11) is 0. The minimum Gasteiger partial charge on any atom is -0.341 e. The summed E-state index contributed by atoms with van der Waals surface area (Å²) in [5.41, 5.74) is -0.282. The molecule has 4 nitrogen and oxygen atoms in total. The van der Waals surface area contributed by atoms with Crippen LogP contribution in [0.25, 0.3) is 0 Å². The number of nitrogens with zero attached hydrogens (tertiary/aromatic N) is 3. The third-order valence-corrected chi connectivity index (χ3v) is 5.01. The summed E-state index contributed by atoms with van der Waals surface area (Å²) in [6, 6.07) is 9.83. The highest BCUT2D eigenvalue weighted by Gasteiger charge is 2.34. The molecule has 132 valence electrons. The van der Waals surface area contributed by atoms with Crippen LogP contribution >= 0.6 is 11.8 Å². The quantitative estimate of drug-likeness (QED) is 0.606. The fourth-order valence-electron chi connectivity index (χ4n) is 2.65. The maximum absolute atomic E-state index is 12.9. The fraction of sp³-hybridized carbons (Fsp3) is 0.353. The van der Waals surface area contributed by atoms with Gasteiger partial charge < -0.3 is 4.90 Å². The zero-order valence-electron chi connectivity index (χ0n) is 13.2. The van der Waals surface area contributed by atoms with Crippen molar-refractivity contribution in [1.29, 1.82) is 0 Å². The average molecular weight is 367 g/mol. The topological polar surface area (TPSA) is 46.1 Å². The largest absolute Gasteiger partial charge is 0.433 e. The zero-order chi connectivity index (χ0) is 17.9. The first-order valence-corrected chi connectivity index (χ1v) is 8.74. The van der Waals surface area contributed by atoms with E-state index in [4.69, 9.17) is 0 Å². The Labute approximate surface area is 147 Å². The number of hydrogen-bond donors (Lipinski definition) is 0. The summed E-state index contributed by atoms with van der Waals surface area (Å²) in [5.74, 6) is -0.116. The van der Waals surface area contributed by atoms with Crippen LogP contribution < -0.4 is 0 Å². The molecular formula is C17H16F3N3OS. The van der Waals surface area contributed by atoms with E-state index in [2.05, 4.69) is 9.97 Å². The molecule has 8 heteroatoms. The van der Waals surface area contributed by atoms with Crippen LogP contribution in [0.3, 0.4) is 0 Å². The number of carbonyl (C=O) groups is 1. The van der Waals surface area contributed by atoms with Crippen LogP contribution in [0.1, 0.15) is 29.3 Å². The number of alkyl halides is 3. The van der Waals surface area contributed by atoms with Crippen LogP contribution in [0.5, 0.6) is 0 Å². The molecule has 0 spiro atoms. The first-order valence-electron chi connectivity index (χ1n) is 7.86. The highest BCUT2D eigenvalue weighted by Crippen LogP contribution is 2.37. The van der Waals surface area contributed by atoms with Crippen LogP contribution in [-0.4, -0.2) is 33.9 Å². The standard InChI is InChI=1S/C17H16F3N3OS/c18-17(19,20)13-8-9-21-16(22-13)25-14(12-6-2-1-3-7-12)15(24)23-10-4-5-11-23/h1-3,6-9,14H,4-5,10-11H2/t14-/m0/s1. The molecule has 0 saturated carbocycles. The van der Waals surface area contributed by atoms with Gasteiger partial charge in [-0.1, -0.05) is 42.1 Å². The Bertz CT molecular complexity index is 733. The van der Waals surface area contributed by atoms with Crippen molar-refractivity contribution in [2.75, 3.05) is 13.1 Å². The van der Waals surface area contributed by atoms with E-state index in [1.54, 1.807) is 29.2 Å². The number of likely N-dealkylation sites (tertiary alicyclic amines) is 1. The SMILES string of the molecule is O=C([C@@H](Sc1nccc(C(F)(F)F)n1)c1ccccc1)N1CCCC1. The van der Waals surface area contributed by atoms with Gasteiger partial charge in [0.05, 0.1) is 0 Å². The van der Waals surface area contributed by atoms with E-state index in [9.17, 15) is 18.0 Å². The lowest BCUT2D eigenvalue weighted by Gasteiger charge is -2.22. The second kappa shape index (κ2) is 7.43. The highest BCUT2D eigenvalue weighted by atomic mass is 32.2. The number of benzene rings is 1. The van der Waals surface area contributed by atoms with Gasteiger partial charge in [-0.05, 0) is 24.5 Å². The lowest BCUT2D eigenvalue weighted by molar-refractivity contribution is -0.141. The molecule has 1 aromatic carbocycles. The van der Waals surface area contributed by atoms with Gasteiger partial charge >= 0.3 is 6.18 Å². The van der Waals surface area contributed by atoms with Gasteiger partial charge in [0.15, 0.2) is 5.16 Å². The molecule has 2 heterocycles. The molecule has 0 unspecified atom stereocenters. The number of rotatable bonds is 4. The van der Waals surface area contributed by atoms with Crippen molar-refractivity contribution in [2.45, 2.75) is 29.4 Å². The first kappa shape index (κ1) is 17.7. The molecule has 0 radical (unpaired) electrons. The number of thioether (sulfide) groups is 1. The molecule has 1 aromatic heterocycles. The zero-order valence-corrected chi connectivity index (χ0v) is 14.1. The molecule has 1 fully saturated rings. The molecule has 25 heavy (non-hydrogen) atoms. The van der Waals surface area contributed by atoms with Crippen molar-refractivity contribution >= 4 is 17.7 Å². The van der Waals surface area contributed by atoms with Gasteiger partial charge in [0.25, 0.3) is 0 Å². The second-order valence-electron chi connectivity index (χ2n) is 5.66. The predicted octanol–water partition coefficient (Wildman–Crippen LogP) is 3.95. The summed E-state index contributed by atoms with van der Waals surface area (Å²) < 4.78 is 38.6. The maximum Gasteiger partial charge on any atom is 0.433 e. The van der Waals surface area contributed by atoms with Crippen LogP contribution in [0.4, 0.5) is 13.2 Å². The lowest BCUT2D eigenvalue weighted by atomic mass is 10.1. The molecule has 3 rings (SSSR count). The van der Waals surface area contributed by atoms with Crippen molar-refractivity contribution in [3.63, 3.8) is 0 Å². The minimum atomic E-state index is -4.54. The fourth-order valence-corrected chi connectivity index (χ4v) is 3.68. The number of halogens is 3. The molecule has 1 saturated heterocycles. The maximum atomic E-state index is 12.9. The number of amides is 1. The molecule has 1 aliphatic heterocycles. The van der Waals surface area contributed by atoms with E-state index in [0.29, 0.717) is 13.1 Å². The molecule has 0 aliphatic carbocycles. The van der Waals surface area contributed by atoms with Crippen molar-refractivity contribution < 1.29 is 18.0 Å². The van der Waals surface area contributed by atoms with E-state index < -0.39 is 17.1 Å². The summed E-state index contributed by atoms with van der Waals surface area (Å²) in [6.07, 6.45) is -1.59. The van der Waals surface area contributed by atoms with E-state index in [1.165, 1.54) is 0 Å². The van der Waals surface area contributed by atoms with Crippen molar-refractivity contribution in [3.8, 4) is 0 Å². The Morgan fingerprint density at radius 3 is 2.44 bits per heavy atom. The van der Waals surface area contributed by atoms with E-state index in [1.807, 2.05) is 6.07 Å². The summed E-state index contributed by atoms with van der Waals surface area (Å²) >= 11 is 0.954. The molecular weight excluding hydrogens is 351 g/mol. The molecule has 1 aliphatic rings. The van der Waals surface area contributed by atoms with E-state index >= 15 is 0 Å². The molecule has 1 amide bonds. The molecule has 0 bridgehead atoms. The van der Waals surface area contributed by atoms with Gasteiger partial charge in [0.1, 0.15) is 10.9 Å². The molecule has 0 N–H and O–H groups in total. The van der Waals surface area contributed by atoms with Crippen molar-refractivity contribution in [1.82, 2.24) is 14.9 Å². The van der Waals surface area contributed by atoms with Gasteiger partial charge in [0, 0.05) is 19.3 Å². The van der Waals surface area contributed by atoms with Gasteiger partial charge in [-0.15, -0.1) is 0 Å². The van der Waals surface area contributed by atoms with Crippen LogP contribution in [0.15, 0.2) is 47.8 Å². The number of carbonyl (C=O) groups excluding carboxylic acids is 1. The van der Waals surface area contributed by atoms with Crippen LogP contribution in [-0.2, 0) is 11.0 Å². The Kier molecular flexibility index (Phi) is 5.27. The van der Waals surface area contributed by atoms with Gasteiger partial charge in [0.2, 0.25) is 5.91 Å². The Hall–Kier alpha value is -2.09. The second-order valence-corrected chi connectivity index (χ2v) is 6.74. The third kappa shape index (κ3) is 4.31. The predicted molar refractivity (Wildman–Crippen MR) is 87.9 cm³/mol. The number of hydrogen-bond acceptors (Lipinski definition) is 4. The van der Waals surface area contributed by atoms with E-state index in [-0.39, 0.29) is 11.1 Å². The molecule has 2 aromatic rings. The van der Waals surface area contributed by atoms with Crippen molar-refractivity contribution in [2.24, 2.45) is 0 Å². The Morgan fingerprint density at radius 2 is 1.80 bits per heavy atom. The van der Waals surface area contributed by atoms with Crippen molar-refractivity contribution in [3.05, 3.63) is 53.9 Å². The summed E-state index contributed by atoms with van der Waals surface area (Å²) in [6.45, 7) is 1.35. The third-order valence-electron chi connectivity index (χ3n) is 3.89. The molecule has 1 atom stereocenters. The van der Waals surface area contributed by atoms with Gasteiger partial charge in [-0.2, -0.15) is 13.2 Å². The summed E-state index contributed by atoms with van der Waals surface area (Å²) in [5, 5.41) is -0.723. The Morgan fingerprint density at radius 1 is 1.12 bits per heavy atom. The smallest absolute Gasteiger partial charge is 0.341 e. The Balaban J connectivity index is 1.89. The van der Waals surface area contributed by atoms with E-state index in [0.717, 1.165) is 42.4 Å². The summed E-state index contributed by atoms with van der Waals surface area (Å²) in [4.78, 5) is 22.1. The van der Waals surface area contributed by atoms with Gasteiger partial charge in [-0.25, -0.2) is 9.97 Å². The highest BCUT2D eigenvalue weighted by molar-refractivity contribution is 8.00. The average Bonchev–Trinajstić information content (AvgIpc) is 3.14. The first-order chi connectivity index (χ1) is 11.9. The van der Waals surface area contributed by atoms with Gasteiger partial charge in [-0.3, -0.25) is 4.79 Å². The van der Waals surface area contributed by atoms with Crippen LogP contribution in [0, 0.1) is 0 Å². The van der Waals surface area contributed by atoms with Crippen LogP contribution in [0.2, 0.25) is 0 Å². The number of aromatic nitrogens is 2. The normalized spacial score (nSPS) is 16.0. The lowest BCUT2D eigenvalue weighted by Crippen LogP contribution is -2.31.